The second kappa shape index (κ2) is 8.46. The fourth-order valence-electron chi connectivity index (χ4n) is 3.20. The third-order valence-corrected chi connectivity index (χ3v) is 4.79. The molecule has 0 aliphatic rings. The van der Waals surface area contributed by atoms with Crippen molar-refractivity contribution in [3.05, 3.63) is 65.7 Å². The maximum Gasteiger partial charge on any atom is 0.341 e. The van der Waals surface area contributed by atoms with Gasteiger partial charge in [0.15, 0.2) is 17.4 Å². The zero-order valence-corrected chi connectivity index (χ0v) is 16.8. The maximum absolute atomic E-state index is 13.9. The number of aromatic nitrogens is 4. The number of halogens is 1. The minimum absolute atomic E-state index is 0.0746. The second-order valence-electron chi connectivity index (χ2n) is 6.89. The molecule has 4 aromatic rings. The van der Waals surface area contributed by atoms with E-state index in [1.807, 2.05) is 0 Å². The van der Waals surface area contributed by atoms with Crippen LogP contribution in [0.3, 0.4) is 0 Å². The predicted octanol–water partition coefficient (Wildman–Crippen LogP) is 3.00. The van der Waals surface area contributed by atoms with Gasteiger partial charge in [0.2, 0.25) is 5.88 Å². The van der Waals surface area contributed by atoms with Crippen molar-refractivity contribution in [2.75, 3.05) is 6.61 Å². The van der Waals surface area contributed by atoms with Crippen molar-refractivity contribution in [3.63, 3.8) is 0 Å². The van der Waals surface area contributed by atoms with Gasteiger partial charge in [-0.15, -0.1) is 0 Å². The molecule has 0 amide bonds. The minimum Gasteiger partial charge on any atom is -0.494 e. The fraction of sp³-hybridized carbons (Fsp3) is 0.190. The molecular weight excluding hydrogens is 423 g/mol. The molecule has 0 saturated heterocycles. The Kier molecular flexibility index (Phi) is 5.54. The first kappa shape index (κ1) is 21.0. The average molecular weight is 442 g/mol. The van der Waals surface area contributed by atoms with E-state index in [2.05, 4.69) is 10.1 Å². The number of nitrogens with zero attached hydrogens (tertiary/aromatic N) is 4. The van der Waals surface area contributed by atoms with Gasteiger partial charge in [-0.3, -0.25) is 4.57 Å². The monoisotopic (exact) mass is 442 g/mol. The predicted molar refractivity (Wildman–Crippen MR) is 109 cm³/mol. The summed E-state index contributed by atoms with van der Waals surface area (Å²) in [6.45, 7) is 1.92. The van der Waals surface area contributed by atoms with Gasteiger partial charge in [0.05, 0.1) is 12.7 Å². The first-order valence-corrected chi connectivity index (χ1v) is 9.57. The molecule has 3 N–H and O–H groups in total. The molecule has 0 radical (unpaired) electrons. The molecule has 1 atom stereocenters. The molecule has 1 unspecified atom stereocenters. The van der Waals surface area contributed by atoms with Gasteiger partial charge >= 0.3 is 5.97 Å². The maximum atomic E-state index is 13.9. The molecule has 0 bridgehead atoms. The Balaban J connectivity index is 1.52. The Morgan fingerprint density at radius 2 is 1.94 bits per heavy atom. The van der Waals surface area contributed by atoms with Crippen LogP contribution in [-0.2, 0) is 6.54 Å². The van der Waals surface area contributed by atoms with E-state index >= 15 is 0 Å². The summed E-state index contributed by atoms with van der Waals surface area (Å²) in [5.74, 6) is -1.39. The number of carbonyl (C=O) groups is 1. The second-order valence-corrected chi connectivity index (χ2v) is 6.89. The van der Waals surface area contributed by atoms with Gasteiger partial charge in [0.1, 0.15) is 29.8 Å². The third kappa shape index (κ3) is 4.13. The molecule has 1 aromatic carbocycles. The molecule has 3 aromatic heterocycles. The lowest BCUT2D eigenvalue weighted by Gasteiger charge is -2.19. The van der Waals surface area contributed by atoms with E-state index in [1.165, 1.54) is 57.9 Å². The van der Waals surface area contributed by atoms with Gasteiger partial charge < -0.3 is 24.8 Å². The largest absolute Gasteiger partial charge is 0.494 e. The lowest BCUT2D eigenvalue weighted by molar-refractivity contribution is 0.0698. The van der Waals surface area contributed by atoms with Crippen molar-refractivity contribution >= 4 is 11.6 Å². The Labute approximate surface area is 180 Å². The van der Waals surface area contributed by atoms with Gasteiger partial charge in [-0.2, -0.15) is 10.1 Å². The van der Waals surface area contributed by atoms with E-state index in [9.17, 15) is 24.5 Å². The van der Waals surface area contributed by atoms with Crippen molar-refractivity contribution < 1.29 is 34.0 Å². The van der Waals surface area contributed by atoms with E-state index < -0.39 is 17.9 Å². The van der Waals surface area contributed by atoms with E-state index in [1.54, 1.807) is 6.92 Å². The molecular formula is C21H19FN4O6. The third-order valence-electron chi connectivity index (χ3n) is 4.79. The molecule has 0 saturated carbocycles. The van der Waals surface area contributed by atoms with Crippen molar-refractivity contribution in [1.29, 1.82) is 0 Å². The Morgan fingerprint density at radius 3 is 2.66 bits per heavy atom. The molecule has 0 aliphatic carbocycles. The topological polar surface area (TPSA) is 131 Å². The van der Waals surface area contributed by atoms with Crippen LogP contribution < -0.4 is 9.47 Å². The summed E-state index contributed by atoms with van der Waals surface area (Å²) >= 11 is 0. The summed E-state index contributed by atoms with van der Waals surface area (Å²) in [5.41, 5.74) is 0.443. The average Bonchev–Trinajstić information content (AvgIpc) is 3.32. The van der Waals surface area contributed by atoms with Crippen molar-refractivity contribution in [3.8, 4) is 23.4 Å². The fourth-order valence-corrected chi connectivity index (χ4v) is 3.20. The highest BCUT2D eigenvalue weighted by Gasteiger charge is 2.18. The standard InChI is InChI=1S/C21H19FN4O6/c1-12(32-17-6-7-26-20(24-17)15(11-23-26)21(29)30)14-10-13(22)2-3-16(14)31-9-8-25-18(27)4-5-19(25)28/h2-7,10-12,27-28H,8-9H2,1H3,(H,29,30). The Morgan fingerprint density at radius 1 is 1.19 bits per heavy atom. The highest BCUT2D eigenvalue weighted by atomic mass is 19.1. The lowest BCUT2D eigenvalue weighted by atomic mass is 10.1. The normalized spacial score (nSPS) is 12.1. The summed E-state index contributed by atoms with van der Waals surface area (Å²) in [6, 6.07) is 8.19. The molecule has 11 heteroatoms. The minimum atomic E-state index is -1.17. The highest BCUT2D eigenvalue weighted by Crippen LogP contribution is 2.30. The molecule has 3 heterocycles. The number of carboxylic acids is 1. The van der Waals surface area contributed by atoms with Crippen LogP contribution in [0.1, 0.15) is 28.9 Å². The van der Waals surface area contributed by atoms with Crippen LogP contribution >= 0.6 is 0 Å². The van der Waals surface area contributed by atoms with Crippen LogP contribution in [-0.4, -0.2) is 47.1 Å². The summed E-state index contributed by atoms with van der Waals surface area (Å²) in [6.07, 6.45) is 2.01. The summed E-state index contributed by atoms with van der Waals surface area (Å²) < 4.78 is 28.1. The number of ether oxygens (including phenoxy) is 2. The van der Waals surface area contributed by atoms with E-state index in [0.717, 1.165) is 0 Å². The van der Waals surface area contributed by atoms with Crippen molar-refractivity contribution in [2.45, 2.75) is 19.6 Å². The molecule has 0 spiro atoms. The number of carboxylic acid groups (broad SMARTS) is 1. The number of aromatic carboxylic acids is 1. The molecule has 4 rings (SSSR count). The number of rotatable bonds is 8. The number of fused-ring (bicyclic) bond motifs is 1. The van der Waals surface area contributed by atoms with E-state index in [-0.39, 0.29) is 42.0 Å². The molecule has 32 heavy (non-hydrogen) atoms. The summed E-state index contributed by atoms with van der Waals surface area (Å²) in [5, 5.41) is 32.6. The zero-order valence-electron chi connectivity index (χ0n) is 16.8. The Bertz CT molecular complexity index is 1270. The molecule has 166 valence electrons. The first-order valence-electron chi connectivity index (χ1n) is 9.57. The summed E-state index contributed by atoms with van der Waals surface area (Å²) in [7, 11) is 0. The van der Waals surface area contributed by atoms with Crippen LogP contribution in [0.15, 0.2) is 48.8 Å². The molecule has 0 aliphatic heterocycles. The molecule has 10 nitrogen and oxygen atoms in total. The Hall–Kier alpha value is -4.28. The van der Waals surface area contributed by atoms with E-state index in [0.29, 0.717) is 11.3 Å². The lowest BCUT2D eigenvalue weighted by Crippen LogP contribution is -2.11. The smallest absolute Gasteiger partial charge is 0.341 e. The van der Waals surface area contributed by atoms with Gasteiger partial charge in [0, 0.05) is 30.0 Å². The van der Waals surface area contributed by atoms with Gasteiger partial charge in [-0.25, -0.2) is 13.7 Å². The number of hydrogen-bond donors (Lipinski definition) is 3. The number of aromatic hydroxyl groups is 2. The van der Waals surface area contributed by atoms with Crippen LogP contribution in [0.25, 0.3) is 5.65 Å². The van der Waals surface area contributed by atoms with Crippen LogP contribution in [0.4, 0.5) is 4.39 Å². The van der Waals surface area contributed by atoms with E-state index in [4.69, 9.17) is 9.47 Å². The quantitative estimate of drug-likeness (QED) is 0.380. The first-order chi connectivity index (χ1) is 15.3. The SMILES string of the molecule is CC(Oc1ccn2ncc(C(=O)O)c2n1)c1cc(F)ccc1OCCn1c(O)ccc1O. The van der Waals surface area contributed by atoms with Crippen LogP contribution in [0.5, 0.6) is 23.4 Å². The van der Waals surface area contributed by atoms with Crippen LogP contribution in [0.2, 0.25) is 0 Å². The van der Waals surface area contributed by atoms with Gasteiger partial charge in [-0.05, 0) is 25.1 Å². The van der Waals surface area contributed by atoms with Crippen molar-refractivity contribution in [1.82, 2.24) is 19.2 Å². The molecule has 0 fully saturated rings. The summed E-state index contributed by atoms with van der Waals surface area (Å²) in [4.78, 5) is 15.5. The van der Waals surface area contributed by atoms with Crippen LogP contribution in [0, 0.1) is 5.82 Å². The number of hydrogen-bond acceptors (Lipinski definition) is 7. The van der Waals surface area contributed by atoms with Gasteiger partial charge in [-0.1, -0.05) is 0 Å². The van der Waals surface area contributed by atoms with Gasteiger partial charge in [0.25, 0.3) is 0 Å². The highest BCUT2D eigenvalue weighted by molar-refractivity contribution is 5.94. The number of benzene rings is 1. The zero-order chi connectivity index (χ0) is 22.8. The van der Waals surface area contributed by atoms with Crippen molar-refractivity contribution in [2.24, 2.45) is 0 Å².